The highest BCUT2D eigenvalue weighted by atomic mass is 32.2. The number of phenolic OH excluding ortho intramolecular Hbond substituents is 1. The van der Waals surface area contributed by atoms with Crippen molar-refractivity contribution in [3.63, 3.8) is 0 Å². The second kappa shape index (κ2) is 4.86. The second-order valence-corrected chi connectivity index (χ2v) is 7.07. The topological polar surface area (TPSA) is 66.4 Å². The van der Waals surface area contributed by atoms with Crippen molar-refractivity contribution >= 4 is 37.5 Å². The number of anilines is 1. The largest absolute Gasteiger partial charge is 0.508 e. The first kappa shape index (κ1) is 13.8. The maximum Gasteiger partial charge on any atom is 0.262 e. The van der Waals surface area contributed by atoms with Crippen LogP contribution in [0.1, 0.15) is 11.1 Å². The van der Waals surface area contributed by atoms with Crippen LogP contribution in [-0.2, 0) is 10.0 Å². The summed E-state index contributed by atoms with van der Waals surface area (Å²) in [6, 6.07) is 17.9. The number of hydrogen-bond acceptors (Lipinski definition) is 3. The van der Waals surface area contributed by atoms with Gasteiger partial charge in [0.15, 0.2) is 0 Å². The van der Waals surface area contributed by atoms with Gasteiger partial charge in [-0.1, -0.05) is 42.5 Å². The molecule has 23 heavy (non-hydrogen) atoms. The molecule has 0 unspecified atom stereocenters. The summed E-state index contributed by atoms with van der Waals surface area (Å²) in [6.07, 6.45) is 1.61. The Morgan fingerprint density at radius 1 is 0.957 bits per heavy atom. The number of benzene rings is 3. The van der Waals surface area contributed by atoms with Crippen LogP contribution in [0.5, 0.6) is 5.75 Å². The highest BCUT2D eigenvalue weighted by Gasteiger charge is 2.29. The van der Waals surface area contributed by atoms with Gasteiger partial charge in [-0.05, 0) is 40.6 Å². The molecule has 114 valence electrons. The van der Waals surface area contributed by atoms with Crippen molar-refractivity contribution in [1.29, 1.82) is 0 Å². The lowest BCUT2D eigenvalue weighted by Crippen LogP contribution is -2.05. The molecule has 0 amide bonds. The Morgan fingerprint density at radius 3 is 2.57 bits per heavy atom. The molecule has 4 nitrogen and oxygen atoms in total. The van der Waals surface area contributed by atoms with Crippen molar-refractivity contribution in [2.24, 2.45) is 0 Å². The van der Waals surface area contributed by atoms with Crippen LogP contribution >= 0.6 is 0 Å². The molecule has 0 atom stereocenters. The van der Waals surface area contributed by atoms with Crippen LogP contribution in [0.25, 0.3) is 21.8 Å². The minimum absolute atomic E-state index is 0.104. The number of hydrogen-bond donors (Lipinski definition) is 2. The van der Waals surface area contributed by atoms with Crippen molar-refractivity contribution in [3.05, 3.63) is 71.8 Å². The van der Waals surface area contributed by atoms with Gasteiger partial charge in [-0.15, -0.1) is 0 Å². The Labute approximate surface area is 133 Å². The van der Waals surface area contributed by atoms with E-state index in [-0.39, 0.29) is 10.7 Å². The molecule has 1 aliphatic rings. The maximum absolute atomic E-state index is 12.4. The summed E-state index contributed by atoms with van der Waals surface area (Å²) < 4.78 is 27.4. The quantitative estimate of drug-likeness (QED) is 0.716. The normalized spacial score (nSPS) is 17.1. The predicted octanol–water partition coefficient (Wildman–Crippen LogP) is 3.80. The average molecular weight is 323 g/mol. The smallest absolute Gasteiger partial charge is 0.262 e. The SMILES string of the molecule is O=S1(=O)Nc2ccccc2C1=Cc1cc(O)cc2ccccc12. The molecule has 1 heterocycles. The fraction of sp³-hybridized carbons (Fsp3) is 0. The van der Waals surface area contributed by atoms with Crippen LogP contribution in [0.2, 0.25) is 0 Å². The van der Waals surface area contributed by atoms with Gasteiger partial charge in [0.1, 0.15) is 5.75 Å². The number of phenols is 1. The summed E-state index contributed by atoms with van der Waals surface area (Å²) in [5, 5.41) is 11.7. The van der Waals surface area contributed by atoms with Crippen LogP contribution < -0.4 is 4.72 Å². The zero-order valence-electron chi connectivity index (χ0n) is 12.0. The summed E-state index contributed by atoms with van der Waals surface area (Å²) >= 11 is 0. The van der Waals surface area contributed by atoms with Crippen LogP contribution in [0.15, 0.2) is 60.7 Å². The summed E-state index contributed by atoms with van der Waals surface area (Å²) in [7, 11) is -3.60. The minimum Gasteiger partial charge on any atom is -0.508 e. The van der Waals surface area contributed by atoms with E-state index in [0.717, 1.165) is 10.8 Å². The Kier molecular flexibility index (Phi) is 2.92. The standard InChI is InChI=1S/C18H13NO3S/c20-14-9-12-5-1-2-6-15(12)13(10-14)11-18-16-7-3-4-8-17(16)19-23(18,21)22/h1-11,19-20H. The van der Waals surface area contributed by atoms with Gasteiger partial charge in [0, 0.05) is 5.56 Å². The number of fused-ring (bicyclic) bond motifs is 2. The van der Waals surface area contributed by atoms with Gasteiger partial charge in [0.25, 0.3) is 10.0 Å². The van der Waals surface area contributed by atoms with E-state index < -0.39 is 10.0 Å². The number of para-hydroxylation sites is 1. The van der Waals surface area contributed by atoms with E-state index in [2.05, 4.69) is 4.72 Å². The van der Waals surface area contributed by atoms with E-state index in [1.165, 1.54) is 0 Å². The predicted molar refractivity (Wildman–Crippen MR) is 92.5 cm³/mol. The molecule has 5 heteroatoms. The molecule has 3 aromatic rings. The van der Waals surface area contributed by atoms with E-state index in [9.17, 15) is 13.5 Å². The van der Waals surface area contributed by atoms with E-state index in [0.29, 0.717) is 16.8 Å². The third-order valence-corrected chi connectivity index (χ3v) is 5.30. The van der Waals surface area contributed by atoms with Gasteiger partial charge in [-0.2, -0.15) is 0 Å². The van der Waals surface area contributed by atoms with Gasteiger partial charge >= 0.3 is 0 Å². The van der Waals surface area contributed by atoms with Gasteiger partial charge in [-0.25, -0.2) is 8.42 Å². The van der Waals surface area contributed by atoms with E-state index in [4.69, 9.17) is 0 Å². The number of rotatable bonds is 1. The van der Waals surface area contributed by atoms with E-state index in [1.54, 1.807) is 42.5 Å². The van der Waals surface area contributed by atoms with E-state index in [1.807, 2.05) is 24.3 Å². The number of nitrogens with one attached hydrogen (secondary N) is 1. The van der Waals surface area contributed by atoms with E-state index >= 15 is 0 Å². The monoisotopic (exact) mass is 323 g/mol. The molecular weight excluding hydrogens is 310 g/mol. The lowest BCUT2D eigenvalue weighted by atomic mass is 10.0. The van der Waals surface area contributed by atoms with Crippen molar-refractivity contribution in [2.45, 2.75) is 0 Å². The molecule has 0 fully saturated rings. The van der Waals surface area contributed by atoms with Gasteiger partial charge in [0.05, 0.1) is 10.6 Å². The van der Waals surface area contributed by atoms with Crippen LogP contribution in [0, 0.1) is 0 Å². The molecule has 0 aromatic heterocycles. The third-order valence-electron chi connectivity index (χ3n) is 3.89. The fourth-order valence-corrected chi connectivity index (χ4v) is 4.20. The number of sulfonamides is 1. The highest BCUT2D eigenvalue weighted by molar-refractivity contribution is 8.02. The van der Waals surface area contributed by atoms with Crippen molar-refractivity contribution in [3.8, 4) is 5.75 Å². The van der Waals surface area contributed by atoms with Crippen LogP contribution in [0.4, 0.5) is 5.69 Å². The Bertz CT molecular complexity index is 1070. The average Bonchev–Trinajstić information content (AvgIpc) is 2.77. The molecule has 2 N–H and O–H groups in total. The van der Waals surface area contributed by atoms with Gasteiger partial charge in [0.2, 0.25) is 0 Å². The first-order valence-corrected chi connectivity index (χ1v) is 8.59. The molecule has 3 aromatic carbocycles. The van der Waals surface area contributed by atoms with Gasteiger partial charge < -0.3 is 5.11 Å². The Hall–Kier alpha value is -2.79. The Balaban J connectivity index is 2.01. The van der Waals surface area contributed by atoms with Crippen molar-refractivity contribution < 1.29 is 13.5 Å². The molecule has 0 saturated heterocycles. The van der Waals surface area contributed by atoms with Crippen LogP contribution in [-0.4, -0.2) is 13.5 Å². The molecule has 0 radical (unpaired) electrons. The summed E-state index contributed by atoms with van der Waals surface area (Å²) in [5.41, 5.74) is 1.88. The first-order chi connectivity index (χ1) is 11.0. The molecule has 0 saturated carbocycles. The highest BCUT2D eigenvalue weighted by Crippen LogP contribution is 2.38. The molecule has 4 rings (SSSR count). The lowest BCUT2D eigenvalue weighted by Gasteiger charge is -2.05. The lowest BCUT2D eigenvalue weighted by molar-refractivity contribution is 0.476. The first-order valence-electron chi connectivity index (χ1n) is 7.10. The zero-order valence-corrected chi connectivity index (χ0v) is 12.8. The fourth-order valence-electron chi connectivity index (χ4n) is 2.87. The van der Waals surface area contributed by atoms with Crippen molar-refractivity contribution in [1.82, 2.24) is 0 Å². The molecule has 0 spiro atoms. The maximum atomic E-state index is 12.4. The minimum atomic E-state index is -3.60. The molecule has 1 aliphatic heterocycles. The zero-order chi connectivity index (χ0) is 16.0. The number of aromatic hydroxyl groups is 1. The summed E-state index contributed by atoms with van der Waals surface area (Å²) in [4.78, 5) is 0.212. The molecular formula is C18H13NO3S. The second-order valence-electron chi connectivity index (χ2n) is 5.42. The van der Waals surface area contributed by atoms with Crippen LogP contribution in [0.3, 0.4) is 0 Å². The molecule has 0 aliphatic carbocycles. The summed E-state index contributed by atoms with van der Waals surface area (Å²) in [6.45, 7) is 0. The Morgan fingerprint density at radius 2 is 1.70 bits per heavy atom. The van der Waals surface area contributed by atoms with Crippen molar-refractivity contribution in [2.75, 3.05) is 4.72 Å². The molecule has 0 bridgehead atoms. The third kappa shape index (κ3) is 2.26. The summed E-state index contributed by atoms with van der Waals surface area (Å²) in [5.74, 6) is 0.104. The van der Waals surface area contributed by atoms with Gasteiger partial charge in [-0.3, -0.25) is 4.72 Å².